The van der Waals surface area contributed by atoms with Gasteiger partial charge in [-0.15, -0.1) is 0 Å². The van der Waals surface area contributed by atoms with E-state index in [4.69, 9.17) is 11.6 Å². The Morgan fingerprint density at radius 1 is 1.33 bits per heavy atom. The molecule has 1 aromatic rings. The van der Waals surface area contributed by atoms with E-state index < -0.39 is 0 Å². The van der Waals surface area contributed by atoms with E-state index in [2.05, 4.69) is 4.90 Å². The fourth-order valence-electron chi connectivity index (χ4n) is 2.52. The molecule has 1 heterocycles. The molecule has 2 rings (SSSR count). The maximum absolute atomic E-state index is 13.8. The normalized spacial score (nSPS) is 17.8. The molecule has 1 aliphatic heterocycles. The highest BCUT2D eigenvalue weighted by Crippen LogP contribution is 2.21. The molecule has 0 N–H and O–H groups in total. The second-order valence-electron chi connectivity index (χ2n) is 5.61. The van der Waals surface area contributed by atoms with Gasteiger partial charge in [0.1, 0.15) is 5.82 Å². The molecule has 1 amide bonds. The van der Waals surface area contributed by atoms with Gasteiger partial charge in [-0.2, -0.15) is 0 Å². The number of benzene rings is 1. The summed E-state index contributed by atoms with van der Waals surface area (Å²) in [5.41, 5.74) is 0.542. The van der Waals surface area contributed by atoms with Crippen LogP contribution in [0.1, 0.15) is 25.8 Å². The zero-order chi connectivity index (χ0) is 15.4. The van der Waals surface area contributed by atoms with Gasteiger partial charge in [-0.3, -0.25) is 9.69 Å². The average molecular weight is 313 g/mol. The molecule has 3 nitrogen and oxygen atoms in total. The maximum Gasteiger partial charge on any atom is 0.225 e. The number of carbonyl (C=O) groups is 1. The molecule has 0 bridgehead atoms. The van der Waals surface area contributed by atoms with E-state index in [9.17, 15) is 9.18 Å². The summed E-state index contributed by atoms with van der Waals surface area (Å²) < 4.78 is 13.8. The Bertz CT molecular complexity index is 481. The third-order valence-corrected chi connectivity index (χ3v) is 4.52. The highest BCUT2D eigenvalue weighted by Gasteiger charge is 2.24. The second kappa shape index (κ2) is 7.23. The van der Waals surface area contributed by atoms with E-state index in [1.165, 1.54) is 6.07 Å². The van der Waals surface area contributed by atoms with E-state index >= 15 is 0 Å². The van der Waals surface area contributed by atoms with Gasteiger partial charge in [0.2, 0.25) is 5.91 Å². The van der Waals surface area contributed by atoms with Gasteiger partial charge in [0.05, 0.1) is 0 Å². The van der Waals surface area contributed by atoms with Gasteiger partial charge in [-0.25, -0.2) is 4.39 Å². The number of carbonyl (C=O) groups excluding carboxylic acids is 1. The SMILES string of the molecule is CCC(C)C(=O)N1CCN(Cc2c(F)cccc2Cl)CC1. The number of rotatable bonds is 4. The van der Waals surface area contributed by atoms with Gasteiger partial charge in [0, 0.05) is 49.2 Å². The first-order valence-corrected chi connectivity index (χ1v) is 7.84. The van der Waals surface area contributed by atoms with Crippen molar-refractivity contribution in [2.75, 3.05) is 26.2 Å². The average Bonchev–Trinajstić information content (AvgIpc) is 2.50. The van der Waals surface area contributed by atoms with Gasteiger partial charge >= 0.3 is 0 Å². The van der Waals surface area contributed by atoms with Crippen molar-refractivity contribution < 1.29 is 9.18 Å². The largest absolute Gasteiger partial charge is 0.340 e. The van der Waals surface area contributed by atoms with E-state index in [-0.39, 0.29) is 17.6 Å². The van der Waals surface area contributed by atoms with Gasteiger partial charge in [0.25, 0.3) is 0 Å². The molecule has 116 valence electrons. The van der Waals surface area contributed by atoms with Crippen molar-refractivity contribution >= 4 is 17.5 Å². The number of nitrogens with zero attached hydrogens (tertiary/aromatic N) is 2. The third-order valence-electron chi connectivity index (χ3n) is 4.16. The van der Waals surface area contributed by atoms with Crippen LogP contribution in [0.3, 0.4) is 0 Å². The minimum atomic E-state index is -0.263. The predicted octanol–water partition coefficient (Wildman–Crippen LogP) is 3.17. The lowest BCUT2D eigenvalue weighted by Gasteiger charge is -2.36. The second-order valence-corrected chi connectivity index (χ2v) is 6.02. The quantitative estimate of drug-likeness (QED) is 0.852. The van der Waals surface area contributed by atoms with Crippen LogP contribution in [0.25, 0.3) is 0 Å². The Morgan fingerprint density at radius 2 is 2.00 bits per heavy atom. The van der Waals surface area contributed by atoms with Gasteiger partial charge in [-0.05, 0) is 18.6 Å². The minimum Gasteiger partial charge on any atom is -0.340 e. The molecule has 1 saturated heterocycles. The molecule has 0 aromatic heterocycles. The summed E-state index contributed by atoms with van der Waals surface area (Å²) in [6.45, 7) is 7.41. The number of halogens is 2. The van der Waals surface area contributed by atoms with Gasteiger partial charge in [0.15, 0.2) is 0 Å². The van der Waals surface area contributed by atoms with Crippen LogP contribution in [-0.2, 0) is 11.3 Å². The van der Waals surface area contributed by atoms with Crippen LogP contribution < -0.4 is 0 Å². The first kappa shape index (κ1) is 16.2. The Morgan fingerprint density at radius 3 is 2.57 bits per heavy atom. The molecule has 21 heavy (non-hydrogen) atoms. The summed E-state index contributed by atoms with van der Waals surface area (Å²) in [6.07, 6.45) is 0.865. The Balaban J connectivity index is 1.91. The lowest BCUT2D eigenvalue weighted by Crippen LogP contribution is -2.49. The molecule has 5 heteroatoms. The van der Waals surface area contributed by atoms with Crippen LogP contribution in [-0.4, -0.2) is 41.9 Å². The maximum atomic E-state index is 13.8. The number of hydrogen-bond donors (Lipinski definition) is 0. The molecule has 1 aliphatic rings. The first-order chi connectivity index (χ1) is 10.0. The van der Waals surface area contributed by atoms with Crippen molar-refractivity contribution in [2.45, 2.75) is 26.8 Å². The fraction of sp³-hybridized carbons (Fsp3) is 0.562. The molecule has 0 aliphatic carbocycles. The summed E-state index contributed by atoms with van der Waals surface area (Å²) >= 11 is 6.06. The van der Waals surface area contributed by atoms with Crippen molar-refractivity contribution in [2.24, 2.45) is 5.92 Å². The summed E-state index contributed by atoms with van der Waals surface area (Å²) in [6, 6.07) is 4.76. The number of amides is 1. The van der Waals surface area contributed by atoms with Crippen molar-refractivity contribution in [1.82, 2.24) is 9.80 Å². The number of piperazine rings is 1. The molecule has 1 atom stereocenters. The molecular weight excluding hydrogens is 291 g/mol. The Labute approximate surface area is 130 Å². The van der Waals surface area contributed by atoms with Crippen LogP contribution >= 0.6 is 11.6 Å². The van der Waals surface area contributed by atoms with E-state index in [0.29, 0.717) is 30.2 Å². The van der Waals surface area contributed by atoms with E-state index in [0.717, 1.165) is 19.5 Å². The third kappa shape index (κ3) is 3.95. The topological polar surface area (TPSA) is 23.6 Å². The van der Waals surface area contributed by atoms with Crippen molar-refractivity contribution in [3.8, 4) is 0 Å². The lowest BCUT2D eigenvalue weighted by atomic mass is 10.1. The molecule has 1 aromatic carbocycles. The summed E-state index contributed by atoms with van der Waals surface area (Å²) in [5, 5.41) is 0.466. The molecule has 0 saturated carbocycles. The molecular formula is C16H22ClFN2O. The van der Waals surface area contributed by atoms with Crippen molar-refractivity contribution in [1.29, 1.82) is 0 Å². The van der Waals surface area contributed by atoms with Crippen LogP contribution in [0.15, 0.2) is 18.2 Å². The van der Waals surface area contributed by atoms with E-state index in [1.54, 1.807) is 12.1 Å². The zero-order valence-corrected chi connectivity index (χ0v) is 13.4. The first-order valence-electron chi connectivity index (χ1n) is 7.47. The summed E-state index contributed by atoms with van der Waals surface area (Å²) in [5.74, 6) is 0.0410. The summed E-state index contributed by atoms with van der Waals surface area (Å²) in [4.78, 5) is 16.2. The molecule has 1 fully saturated rings. The standard InChI is InChI=1S/C16H22ClFN2O/c1-3-12(2)16(21)20-9-7-19(8-10-20)11-13-14(17)5-4-6-15(13)18/h4-6,12H,3,7-11H2,1-2H3. The van der Waals surface area contributed by atoms with Crippen molar-refractivity contribution in [3.05, 3.63) is 34.6 Å². The smallest absolute Gasteiger partial charge is 0.225 e. The van der Waals surface area contributed by atoms with Gasteiger partial charge < -0.3 is 4.90 Å². The zero-order valence-electron chi connectivity index (χ0n) is 12.6. The summed E-state index contributed by atoms with van der Waals surface area (Å²) in [7, 11) is 0. The fourth-order valence-corrected chi connectivity index (χ4v) is 2.74. The van der Waals surface area contributed by atoms with Crippen LogP contribution in [0.5, 0.6) is 0 Å². The van der Waals surface area contributed by atoms with Crippen LogP contribution in [0.2, 0.25) is 5.02 Å². The lowest BCUT2D eigenvalue weighted by molar-refractivity contribution is -0.136. The highest BCUT2D eigenvalue weighted by atomic mass is 35.5. The minimum absolute atomic E-state index is 0.0811. The Kier molecular flexibility index (Phi) is 5.59. The molecule has 1 unspecified atom stereocenters. The number of hydrogen-bond acceptors (Lipinski definition) is 2. The highest BCUT2D eigenvalue weighted by molar-refractivity contribution is 6.31. The molecule has 0 spiro atoms. The monoisotopic (exact) mass is 312 g/mol. The van der Waals surface area contributed by atoms with E-state index in [1.807, 2.05) is 18.7 Å². The van der Waals surface area contributed by atoms with Crippen molar-refractivity contribution in [3.63, 3.8) is 0 Å². The predicted molar refractivity (Wildman–Crippen MR) is 82.7 cm³/mol. The van der Waals surface area contributed by atoms with Gasteiger partial charge in [-0.1, -0.05) is 31.5 Å². The Hall–Kier alpha value is -1.13. The van der Waals surface area contributed by atoms with Crippen LogP contribution in [0, 0.1) is 11.7 Å². The van der Waals surface area contributed by atoms with Crippen LogP contribution in [0.4, 0.5) is 4.39 Å². The molecule has 0 radical (unpaired) electrons.